The zero-order valence-corrected chi connectivity index (χ0v) is 16.5. The van der Waals surface area contributed by atoms with E-state index >= 15 is 0 Å². The van der Waals surface area contributed by atoms with Crippen molar-refractivity contribution < 1.29 is 17.6 Å². The average Bonchev–Trinajstić information content (AvgIpc) is 2.70. The Morgan fingerprint density at radius 1 is 1.10 bits per heavy atom. The van der Waals surface area contributed by atoms with Crippen molar-refractivity contribution >= 4 is 39.0 Å². The van der Waals surface area contributed by atoms with Gasteiger partial charge >= 0.3 is 6.03 Å². The SMILES string of the molecule is O=C(NCc1cccnc1)Nc1ccc(S(=O)(=O)Nc2ccc(F)cc2Cl)cc1. The topological polar surface area (TPSA) is 100 Å². The number of urea groups is 1. The monoisotopic (exact) mass is 434 g/mol. The molecular weight excluding hydrogens is 419 g/mol. The van der Waals surface area contributed by atoms with Crippen LogP contribution in [0.1, 0.15) is 5.56 Å². The van der Waals surface area contributed by atoms with Gasteiger partial charge < -0.3 is 10.6 Å². The number of carbonyl (C=O) groups excluding carboxylic acids is 1. The molecule has 0 spiro atoms. The number of nitrogens with zero attached hydrogens (tertiary/aromatic N) is 1. The van der Waals surface area contributed by atoms with Gasteiger partial charge in [0, 0.05) is 24.6 Å². The van der Waals surface area contributed by atoms with Crippen LogP contribution in [0.5, 0.6) is 0 Å². The lowest BCUT2D eigenvalue weighted by Crippen LogP contribution is -2.28. The molecule has 0 aliphatic carbocycles. The molecule has 0 radical (unpaired) electrons. The molecule has 2 aromatic carbocycles. The van der Waals surface area contributed by atoms with E-state index in [0.29, 0.717) is 12.2 Å². The van der Waals surface area contributed by atoms with Crippen molar-refractivity contribution in [2.75, 3.05) is 10.0 Å². The molecule has 3 aromatic rings. The van der Waals surface area contributed by atoms with E-state index in [-0.39, 0.29) is 15.6 Å². The molecule has 2 amide bonds. The van der Waals surface area contributed by atoms with Crippen LogP contribution < -0.4 is 15.4 Å². The molecule has 1 aromatic heterocycles. The van der Waals surface area contributed by atoms with Crippen molar-refractivity contribution in [3.63, 3.8) is 0 Å². The molecule has 10 heteroatoms. The minimum absolute atomic E-state index is 0.0424. The maximum atomic E-state index is 13.1. The molecule has 0 unspecified atom stereocenters. The Hall–Kier alpha value is -3.17. The summed E-state index contributed by atoms with van der Waals surface area (Å²) in [6, 6.07) is 12.0. The molecule has 0 saturated carbocycles. The number of hydrogen-bond acceptors (Lipinski definition) is 4. The van der Waals surface area contributed by atoms with Crippen LogP contribution in [0.15, 0.2) is 71.9 Å². The van der Waals surface area contributed by atoms with Gasteiger partial charge in [-0.15, -0.1) is 0 Å². The number of halogens is 2. The number of amides is 2. The molecule has 3 N–H and O–H groups in total. The van der Waals surface area contributed by atoms with E-state index in [0.717, 1.165) is 17.7 Å². The summed E-state index contributed by atoms with van der Waals surface area (Å²) in [6.45, 7) is 0.300. The molecule has 7 nitrogen and oxygen atoms in total. The molecule has 0 fully saturated rings. The lowest BCUT2D eigenvalue weighted by molar-refractivity contribution is 0.251. The fourth-order valence-electron chi connectivity index (χ4n) is 2.35. The van der Waals surface area contributed by atoms with Crippen LogP contribution in [0.3, 0.4) is 0 Å². The summed E-state index contributed by atoms with van der Waals surface area (Å²) in [5.74, 6) is -0.574. The summed E-state index contributed by atoms with van der Waals surface area (Å²) < 4.78 is 40.3. The fraction of sp³-hybridized carbons (Fsp3) is 0.0526. The zero-order valence-electron chi connectivity index (χ0n) is 14.9. The minimum atomic E-state index is -3.93. The number of pyridine rings is 1. The molecule has 150 valence electrons. The Morgan fingerprint density at radius 3 is 2.52 bits per heavy atom. The van der Waals surface area contributed by atoms with Gasteiger partial charge in [-0.3, -0.25) is 9.71 Å². The molecule has 0 bridgehead atoms. The minimum Gasteiger partial charge on any atom is -0.334 e. The summed E-state index contributed by atoms with van der Waals surface area (Å²) in [6.07, 6.45) is 3.28. The molecule has 0 aliphatic heterocycles. The smallest absolute Gasteiger partial charge is 0.319 e. The number of anilines is 2. The third kappa shape index (κ3) is 5.66. The fourth-order valence-corrected chi connectivity index (χ4v) is 3.70. The second-order valence-electron chi connectivity index (χ2n) is 5.92. The molecule has 0 atom stereocenters. The van der Waals surface area contributed by atoms with E-state index in [1.807, 2.05) is 6.07 Å². The highest BCUT2D eigenvalue weighted by Crippen LogP contribution is 2.25. The Labute approximate surface area is 172 Å². The van der Waals surface area contributed by atoms with Crippen LogP contribution >= 0.6 is 11.6 Å². The molecule has 29 heavy (non-hydrogen) atoms. The standard InChI is InChI=1S/C19H16ClFN4O3S/c20-17-10-14(21)3-8-18(17)25-29(27,28)16-6-4-15(5-7-16)24-19(26)23-12-13-2-1-9-22-11-13/h1-11,25H,12H2,(H2,23,24,26). The van der Waals surface area contributed by atoms with E-state index in [2.05, 4.69) is 20.3 Å². The lowest BCUT2D eigenvalue weighted by Gasteiger charge is -2.11. The number of benzene rings is 2. The molecule has 1 heterocycles. The van der Waals surface area contributed by atoms with Crippen molar-refractivity contribution in [3.05, 3.63) is 83.4 Å². The van der Waals surface area contributed by atoms with Crippen molar-refractivity contribution in [1.82, 2.24) is 10.3 Å². The Balaban J connectivity index is 1.62. The first-order valence-electron chi connectivity index (χ1n) is 8.35. The first-order chi connectivity index (χ1) is 13.8. The maximum Gasteiger partial charge on any atom is 0.319 e. The molecule has 3 rings (SSSR count). The van der Waals surface area contributed by atoms with E-state index in [1.165, 1.54) is 30.3 Å². The average molecular weight is 435 g/mol. The highest BCUT2D eigenvalue weighted by atomic mass is 35.5. The van der Waals surface area contributed by atoms with Gasteiger partial charge in [0.1, 0.15) is 5.82 Å². The second-order valence-corrected chi connectivity index (χ2v) is 8.01. The van der Waals surface area contributed by atoms with Crippen LogP contribution in [0.2, 0.25) is 5.02 Å². The highest BCUT2D eigenvalue weighted by molar-refractivity contribution is 7.92. The van der Waals surface area contributed by atoms with Gasteiger partial charge in [-0.1, -0.05) is 17.7 Å². The lowest BCUT2D eigenvalue weighted by atomic mass is 10.3. The predicted octanol–water partition coefficient (Wildman–Crippen LogP) is 4.00. The molecular formula is C19H16ClFN4O3S. The number of aromatic nitrogens is 1. The molecule has 0 aliphatic rings. The summed E-state index contributed by atoms with van der Waals surface area (Å²) in [5.41, 5.74) is 1.31. The van der Waals surface area contributed by atoms with Crippen LogP contribution in [-0.4, -0.2) is 19.4 Å². The van der Waals surface area contributed by atoms with Crippen molar-refractivity contribution in [2.45, 2.75) is 11.4 Å². The van der Waals surface area contributed by atoms with Gasteiger partial charge in [-0.2, -0.15) is 0 Å². The first kappa shape index (κ1) is 20.6. The third-order valence-electron chi connectivity index (χ3n) is 3.77. The number of sulfonamides is 1. The Morgan fingerprint density at radius 2 is 1.86 bits per heavy atom. The third-order valence-corrected chi connectivity index (χ3v) is 5.47. The zero-order chi connectivity index (χ0) is 20.9. The number of rotatable bonds is 6. The predicted molar refractivity (Wildman–Crippen MR) is 109 cm³/mol. The highest BCUT2D eigenvalue weighted by Gasteiger charge is 2.16. The first-order valence-corrected chi connectivity index (χ1v) is 10.2. The van der Waals surface area contributed by atoms with Gasteiger partial charge in [-0.25, -0.2) is 17.6 Å². The van der Waals surface area contributed by atoms with Crippen LogP contribution in [-0.2, 0) is 16.6 Å². The van der Waals surface area contributed by atoms with Crippen LogP contribution in [0, 0.1) is 5.82 Å². The quantitative estimate of drug-likeness (QED) is 0.546. The van der Waals surface area contributed by atoms with Gasteiger partial charge in [0.15, 0.2) is 0 Å². The summed E-state index contributed by atoms with van der Waals surface area (Å²) >= 11 is 5.85. The number of hydrogen-bond donors (Lipinski definition) is 3. The van der Waals surface area contributed by atoms with Crippen molar-refractivity contribution in [3.8, 4) is 0 Å². The van der Waals surface area contributed by atoms with Gasteiger partial charge in [0.05, 0.1) is 15.6 Å². The van der Waals surface area contributed by atoms with Crippen molar-refractivity contribution in [2.24, 2.45) is 0 Å². The summed E-state index contributed by atoms with van der Waals surface area (Å²) in [5, 5.41) is 5.22. The van der Waals surface area contributed by atoms with E-state index in [1.54, 1.807) is 18.5 Å². The summed E-state index contributed by atoms with van der Waals surface area (Å²) in [4.78, 5) is 15.9. The van der Waals surface area contributed by atoms with Crippen LogP contribution in [0.4, 0.5) is 20.6 Å². The normalized spacial score (nSPS) is 11.0. The van der Waals surface area contributed by atoms with E-state index in [4.69, 9.17) is 11.6 Å². The van der Waals surface area contributed by atoms with Crippen LogP contribution in [0.25, 0.3) is 0 Å². The van der Waals surface area contributed by atoms with Crippen molar-refractivity contribution in [1.29, 1.82) is 0 Å². The largest absolute Gasteiger partial charge is 0.334 e. The Kier molecular flexibility index (Phi) is 6.30. The van der Waals surface area contributed by atoms with E-state index < -0.39 is 21.9 Å². The summed E-state index contributed by atoms with van der Waals surface area (Å²) in [7, 11) is -3.93. The number of nitrogens with one attached hydrogen (secondary N) is 3. The maximum absolute atomic E-state index is 13.1. The Bertz CT molecular complexity index is 1110. The van der Waals surface area contributed by atoms with Gasteiger partial charge in [-0.05, 0) is 54.1 Å². The van der Waals surface area contributed by atoms with Gasteiger partial charge in [0.25, 0.3) is 10.0 Å². The van der Waals surface area contributed by atoms with E-state index in [9.17, 15) is 17.6 Å². The second kappa shape index (κ2) is 8.89. The van der Waals surface area contributed by atoms with Gasteiger partial charge in [0.2, 0.25) is 0 Å². The number of carbonyl (C=O) groups is 1. The molecule has 0 saturated heterocycles.